The number of likely N-dealkylation sites (N-methyl/N-ethyl adjacent to an activating group) is 1. The molecule has 0 aromatic carbocycles. The van der Waals surface area contributed by atoms with Crippen molar-refractivity contribution in [3.05, 3.63) is 0 Å². The van der Waals surface area contributed by atoms with E-state index in [1.165, 1.54) is 0 Å². The van der Waals surface area contributed by atoms with Gasteiger partial charge in [0.25, 0.3) is 0 Å². The summed E-state index contributed by atoms with van der Waals surface area (Å²) in [6, 6.07) is 0. The summed E-state index contributed by atoms with van der Waals surface area (Å²) >= 11 is 1.61. The lowest BCUT2D eigenvalue weighted by molar-refractivity contribution is 0.136. The Morgan fingerprint density at radius 2 is 2.44 bits per heavy atom. The predicted molar refractivity (Wildman–Crippen MR) is 43.9 cm³/mol. The number of carbonyl (C=O) groups excluding carboxylic acids is 1. The lowest BCUT2D eigenvalue weighted by Gasteiger charge is -2.08. The number of ether oxygens (including phenoxy) is 1. The summed E-state index contributed by atoms with van der Waals surface area (Å²) in [4.78, 5) is 10.3. The Balaban J connectivity index is 3.26. The highest BCUT2D eigenvalue weighted by Crippen LogP contribution is 1.96. The molecule has 0 unspecified atom stereocenters. The van der Waals surface area contributed by atoms with E-state index in [-0.39, 0.29) is 10.1 Å². The molecule has 0 amide bonds. The van der Waals surface area contributed by atoms with Crippen molar-refractivity contribution in [3.8, 4) is 0 Å². The van der Waals surface area contributed by atoms with Crippen LogP contribution in [0, 0.1) is 0 Å². The first-order chi connectivity index (χ1) is 4.16. The molecule has 0 aliphatic heterocycles. The molecule has 54 valence electrons. The molecule has 0 saturated carbocycles. The molecular weight excluding hydrogens is 233 g/mol. The molecule has 3 nitrogen and oxygen atoms in total. The van der Waals surface area contributed by atoms with Gasteiger partial charge in [0.1, 0.15) is 6.10 Å². The van der Waals surface area contributed by atoms with Crippen LogP contribution < -0.4 is 5.32 Å². The second-order valence-electron chi connectivity index (χ2n) is 1.72. The van der Waals surface area contributed by atoms with Gasteiger partial charge in [-0.1, -0.05) is 0 Å². The fourth-order valence-electron chi connectivity index (χ4n) is 0.487. The minimum absolute atomic E-state index is 0.0283. The maximum atomic E-state index is 10.3. The third kappa shape index (κ3) is 6.04. The average Bonchev–Trinajstić information content (AvgIpc) is 1.63. The van der Waals surface area contributed by atoms with Gasteiger partial charge >= 0.3 is 3.98 Å². The van der Waals surface area contributed by atoms with Gasteiger partial charge in [0.05, 0.1) is 22.6 Å². The van der Waals surface area contributed by atoms with Crippen molar-refractivity contribution in [2.24, 2.45) is 0 Å². The fourth-order valence-corrected chi connectivity index (χ4v) is 0.921. The highest BCUT2D eigenvalue weighted by molar-refractivity contribution is 14.1. The average molecular weight is 243 g/mol. The van der Waals surface area contributed by atoms with Crippen LogP contribution in [0.15, 0.2) is 0 Å². The molecule has 0 spiro atoms. The Morgan fingerprint density at radius 1 is 1.89 bits per heavy atom. The van der Waals surface area contributed by atoms with E-state index in [2.05, 4.69) is 5.32 Å². The van der Waals surface area contributed by atoms with Crippen molar-refractivity contribution >= 4 is 26.6 Å². The quantitative estimate of drug-likeness (QED) is 0.597. The normalized spacial score (nSPS) is 12.8. The minimum atomic E-state index is -0.254. The van der Waals surface area contributed by atoms with Crippen LogP contribution in [0.2, 0.25) is 0 Å². The maximum absolute atomic E-state index is 10.3. The fraction of sp³-hybridized carbons (Fsp3) is 0.800. The third-order valence-electron chi connectivity index (χ3n) is 0.785. The van der Waals surface area contributed by atoms with Gasteiger partial charge < -0.3 is 10.1 Å². The second-order valence-corrected chi connectivity index (χ2v) is 2.60. The topological polar surface area (TPSA) is 38.3 Å². The number of carbonyl (C=O) groups is 1. The summed E-state index contributed by atoms with van der Waals surface area (Å²) in [7, 11) is 1.82. The Morgan fingerprint density at radius 3 is 2.78 bits per heavy atom. The SMILES string of the molecule is CNC[C@H](C)OC(=O)I. The Bertz CT molecular complexity index is 97.0. The van der Waals surface area contributed by atoms with Gasteiger partial charge in [0.2, 0.25) is 0 Å². The van der Waals surface area contributed by atoms with Crippen molar-refractivity contribution in [2.75, 3.05) is 13.6 Å². The van der Waals surface area contributed by atoms with Gasteiger partial charge in [0, 0.05) is 6.54 Å². The van der Waals surface area contributed by atoms with Crippen LogP contribution in [0.25, 0.3) is 0 Å². The molecule has 1 atom stereocenters. The molecule has 0 radical (unpaired) electrons. The van der Waals surface area contributed by atoms with E-state index < -0.39 is 0 Å². The standard InChI is InChI=1S/C5H10INO2/c1-4(3-7-2)9-5(6)8/h4,7H,3H2,1-2H3/t4-/m0/s1. The minimum Gasteiger partial charge on any atom is -0.454 e. The van der Waals surface area contributed by atoms with Crippen molar-refractivity contribution in [1.82, 2.24) is 5.32 Å². The number of hydrogen-bond acceptors (Lipinski definition) is 3. The van der Waals surface area contributed by atoms with Crippen molar-refractivity contribution < 1.29 is 9.53 Å². The molecule has 0 heterocycles. The molecular formula is C5H10INO2. The van der Waals surface area contributed by atoms with E-state index in [4.69, 9.17) is 4.74 Å². The molecule has 0 aliphatic rings. The van der Waals surface area contributed by atoms with Crippen LogP contribution in [0.1, 0.15) is 6.92 Å². The van der Waals surface area contributed by atoms with E-state index in [0.29, 0.717) is 6.54 Å². The first kappa shape index (κ1) is 9.16. The monoisotopic (exact) mass is 243 g/mol. The van der Waals surface area contributed by atoms with E-state index in [9.17, 15) is 4.79 Å². The third-order valence-corrected chi connectivity index (χ3v) is 1.04. The van der Waals surface area contributed by atoms with Gasteiger partial charge in [-0.15, -0.1) is 0 Å². The molecule has 0 bridgehead atoms. The van der Waals surface area contributed by atoms with Gasteiger partial charge in [-0.2, -0.15) is 0 Å². The van der Waals surface area contributed by atoms with Crippen LogP contribution in [0.5, 0.6) is 0 Å². The summed E-state index contributed by atoms with van der Waals surface area (Å²) in [5.41, 5.74) is 0. The van der Waals surface area contributed by atoms with Crippen molar-refractivity contribution in [1.29, 1.82) is 0 Å². The van der Waals surface area contributed by atoms with E-state index in [1.807, 2.05) is 14.0 Å². The van der Waals surface area contributed by atoms with Crippen LogP contribution in [-0.4, -0.2) is 23.7 Å². The smallest absolute Gasteiger partial charge is 0.367 e. The van der Waals surface area contributed by atoms with E-state index in [0.717, 1.165) is 0 Å². The highest BCUT2D eigenvalue weighted by atomic mass is 127. The number of hydrogen-bond donors (Lipinski definition) is 1. The largest absolute Gasteiger partial charge is 0.454 e. The molecule has 0 aromatic rings. The summed E-state index contributed by atoms with van der Waals surface area (Å²) in [6.45, 7) is 2.54. The van der Waals surface area contributed by atoms with E-state index >= 15 is 0 Å². The van der Waals surface area contributed by atoms with Gasteiger partial charge in [-0.3, -0.25) is 0 Å². The van der Waals surface area contributed by atoms with Crippen LogP contribution in [-0.2, 0) is 4.74 Å². The molecule has 0 rings (SSSR count). The Hall–Kier alpha value is 0.160. The molecule has 0 aliphatic carbocycles. The first-order valence-electron chi connectivity index (χ1n) is 2.67. The van der Waals surface area contributed by atoms with Gasteiger partial charge in [-0.05, 0) is 14.0 Å². The molecule has 4 heteroatoms. The zero-order chi connectivity index (χ0) is 7.28. The lowest BCUT2D eigenvalue weighted by atomic mass is 10.4. The van der Waals surface area contributed by atoms with Gasteiger partial charge in [-0.25, -0.2) is 4.79 Å². The molecule has 0 saturated heterocycles. The number of nitrogens with one attached hydrogen (secondary N) is 1. The van der Waals surface area contributed by atoms with E-state index in [1.54, 1.807) is 22.6 Å². The summed E-state index contributed by atoms with van der Waals surface area (Å²) in [5.74, 6) is 0. The summed E-state index contributed by atoms with van der Waals surface area (Å²) < 4.78 is 4.52. The predicted octanol–water partition coefficient (Wildman–Crippen LogP) is 1.17. The zero-order valence-electron chi connectivity index (χ0n) is 5.48. The lowest BCUT2D eigenvalue weighted by Crippen LogP contribution is -2.24. The Kier molecular flexibility index (Phi) is 5.07. The summed E-state index contributed by atoms with van der Waals surface area (Å²) in [5, 5.41) is 2.89. The molecule has 0 aromatic heterocycles. The van der Waals surface area contributed by atoms with Crippen molar-refractivity contribution in [2.45, 2.75) is 13.0 Å². The molecule has 9 heavy (non-hydrogen) atoms. The first-order valence-corrected chi connectivity index (χ1v) is 3.75. The van der Waals surface area contributed by atoms with Crippen LogP contribution >= 0.6 is 22.6 Å². The van der Waals surface area contributed by atoms with Crippen molar-refractivity contribution in [3.63, 3.8) is 0 Å². The second kappa shape index (κ2) is 4.99. The number of halogens is 1. The van der Waals surface area contributed by atoms with Crippen LogP contribution in [0.3, 0.4) is 0 Å². The molecule has 1 N–H and O–H groups in total. The van der Waals surface area contributed by atoms with Gasteiger partial charge in [0.15, 0.2) is 0 Å². The highest BCUT2D eigenvalue weighted by Gasteiger charge is 2.02. The summed E-state index contributed by atoms with van der Waals surface area (Å²) in [6.07, 6.45) is -0.0283. The number of rotatable bonds is 3. The maximum Gasteiger partial charge on any atom is 0.367 e. The zero-order valence-corrected chi connectivity index (χ0v) is 7.64. The Labute approximate surface area is 68.3 Å². The van der Waals surface area contributed by atoms with Crippen LogP contribution in [0.4, 0.5) is 4.79 Å². The molecule has 0 fully saturated rings.